The van der Waals surface area contributed by atoms with Crippen molar-refractivity contribution in [3.63, 3.8) is 0 Å². The maximum Gasteiger partial charge on any atom is 0.417 e. The fourth-order valence-electron chi connectivity index (χ4n) is 0.380. The van der Waals surface area contributed by atoms with Crippen LogP contribution >= 0.6 is 0 Å². The number of ether oxygens (including phenoxy) is 2. The van der Waals surface area contributed by atoms with Crippen LogP contribution in [-0.4, -0.2) is 49.1 Å². The van der Waals surface area contributed by atoms with E-state index in [0.717, 1.165) is 0 Å². The van der Waals surface area contributed by atoms with Crippen molar-refractivity contribution in [2.45, 2.75) is 13.8 Å². The number of carbonyl (C=O) groups is 2. The fraction of sp³-hybridized carbons (Fsp3) is 0.667. The molecular formula is C6H10O4Sn. The van der Waals surface area contributed by atoms with Crippen molar-refractivity contribution in [2.24, 2.45) is 0 Å². The van der Waals surface area contributed by atoms with E-state index in [1.807, 2.05) is 0 Å². The van der Waals surface area contributed by atoms with Gasteiger partial charge in [0.05, 0.1) is 13.2 Å². The predicted octanol–water partition coefficient (Wildman–Crippen LogP) is -0.268. The molecule has 4 nitrogen and oxygen atoms in total. The van der Waals surface area contributed by atoms with Crippen LogP contribution in [0, 0.1) is 0 Å². The van der Waals surface area contributed by atoms with Crippen LogP contribution in [0.4, 0.5) is 0 Å². The van der Waals surface area contributed by atoms with Gasteiger partial charge in [0, 0.05) is 23.9 Å². The minimum absolute atomic E-state index is 0. The molecule has 0 atom stereocenters. The van der Waals surface area contributed by atoms with E-state index in [2.05, 4.69) is 9.47 Å². The molecule has 62 valence electrons. The van der Waals surface area contributed by atoms with Gasteiger partial charge in [0.25, 0.3) is 0 Å². The first-order valence-corrected chi connectivity index (χ1v) is 3.06. The van der Waals surface area contributed by atoms with Crippen LogP contribution in [0.15, 0.2) is 0 Å². The van der Waals surface area contributed by atoms with Gasteiger partial charge in [-0.05, 0) is 13.8 Å². The smallest absolute Gasteiger partial charge is 0.417 e. The van der Waals surface area contributed by atoms with Crippen LogP contribution in [0.2, 0.25) is 0 Å². The Balaban J connectivity index is 0. The molecule has 0 rings (SSSR count). The molecule has 0 aromatic heterocycles. The van der Waals surface area contributed by atoms with E-state index in [1.165, 1.54) is 0 Å². The molecule has 0 aromatic rings. The Morgan fingerprint density at radius 3 is 1.45 bits per heavy atom. The SMILES string of the molecule is CCOC(=O)C(=O)OCC.[Sn]. The summed E-state index contributed by atoms with van der Waals surface area (Å²) in [6.45, 7) is 3.63. The van der Waals surface area contributed by atoms with Crippen LogP contribution in [0.25, 0.3) is 0 Å². The van der Waals surface area contributed by atoms with E-state index >= 15 is 0 Å². The van der Waals surface area contributed by atoms with Gasteiger partial charge in [-0.3, -0.25) is 0 Å². The number of hydrogen-bond acceptors (Lipinski definition) is 4. The maximum atomic E-state index is 10.4. The van der Waals surface area contributed by atoms with Crippen molar-refractivity contribution >= 4 is 35.8 Å². The second-order valence-corrected chi connectivity index (χ2v) is 1.44. The van der Waals surface area contributed by atoms with Crippen LogP contribution in [-0.2, 0) is 19.1 Å². The standard InChI is InChI=1S/C6H10O4.Sn/c1-3-9-5(7)6(8)10-4-2;/h3-4H2,1-2H3;. The molecule has 0 N–H and O–H groups in total. The van der Waals surface area contributed by atoms with E-state index in [4.69, 9.17) is 0 Å². The Morgan fingerprint density at radius 2 is 1.27 bits per heavy atom. The summed E-state index contributed by atoms with van der Waals surface area (Å²) in [5, 5.41) is 0. The van der Waals surface area contributed by atoms with Gasteiger partial charge >= 0.3 is 11.9 Å². The third kappa shape index (κ3) is 6.15. The zero-order valence-electron chi connectivity index (χ0n) is 6.55. The molecular weight excluding hydrogens is 255 g/mol. The van der Waals surface area contributed by atoms with Gasteiger partial charge in [0.15, 0.2) is 0 Å². The van der Waals surface area contributed by atoms with Crippen molar-refractivity contribution in [1.29, 1.82) is 0 Å². The summed E-state index contributed by atoms with van der Waals surface area (Å²) in [4.78, 5) is 20.9. The monoisotopic (exact) mass is 266 g/mol. The summed E-state index contributed by atoms with van der Waals surface area (Å²) < 4.78 is 8.69. The van der Waals surface area contributed by atoms with Crippen LogP contribution in [0.1, 0.15) is 13.8 Å². The van der Waals surface area contributed by atoms with Gasteiger partial charge < -0.3 is 9.47 Å². The number of rotatable bonds is 2. The first kappa shape index (κ1) is 13.3. The largest absolute Gasteiger partial charge is 0.458 e. The van der Waals surface area contributed by atoms with Gasteiger partial charge in [0.1, 0.15) is 0 Å². The molecule has 0 bridgehead atoms. The van der Waals surface area contributed by atoms with Crippen molar-refractivity contribution < 1.29 is 19.1 Å². The van der Waals surface area contributed by atoms with E-state index in [0.29, 0.717) is 0 Å². The maximum absolute atomic E-state index is 10.4. The molecule has 0 amide bonds. The van der Waals surface area contributed by atoms with Gasteiger partial charge in [0.2, 0.25) is 0 Å². The van der Waals surface area contributed by atoms with Crippen molar-refractivity contribution in [2.75, 3.05) is 13.2 Å². The minimum Gasteiger partial charge on any atom is -0.458 e. The van der Waals surface area contributed by atoms with Gasteiger partial charge in [-0.2, -0.15) is 0 Å². The molecule has 11 heavy (non-hydrogen) atoms. The Labute approximate surface area is 82.2 Å². The first-order valence-electron chi connectivity index (χ1n) is 3.06. The van der Waals surface area contributed by atoms with E-state index in [1.54, 1.807) is 13.8 Å². The Kier molecular flexibility index (Phi) is 9.51. The molecule has 0 aliphatic heterocycles. The molecule has 4 radical (unpaired) electrons. The zero-order chi connectivity index (χ0) is 7.98. The summed E-state index contributed by atoms with van der Waals surface area (Å²) >= 11 is 0. The molecule has 0 unspecified atom stereocenters. The predicted molar refractivity (Wildman–Crippen MR) is 39.0 cm³/mol. The Bertz CT molecular complexity index is 119. The van der Waals surface area contributed by atoms with Gasteiger partial charge in [-0.15, -0.1) is 0 Å². The summed E-state index contributed by atoms with van der Waals surface area (Å²) in [5.74, 6) is -1.85. The van der Waals surface area contributed by atoms with Crippen LogP contribution in [0.5, 0.6) is 0 Å². The van der Waals surface area contributed by atoms with Crippen LogP contribution < -0.4 is 0 Å². The average Bonchev–Trinajstić information content (AvgIpc) is 1.89. The third-order valence-corrected chi connectivity index (χ3v) is 0.718. The summed E-state index contributed by atoms with van der Waals surface area (Å²) in [7, 11) is 0. The normalized spacial score (nSPS) is 7.82. The third-order valence-electron chi connectivity index (χ3n) is 0.718. The first-order chi connectivity index (χ1) is 4.72. The molecule has 0 saturated heterocycles. The summed E-state index contributed by atoms with van der Waals surface area (Å²) in [5.41, 5.74) is 0. The molecule has 0 fully saturated rings. The Morgan fingerprint density at radius 1 is 1.00 bits per heavy atom. The van der Waals surface area contributed by atoms with Crippen molar-refractivity contribution in [3.8, 4) is 0 Å². The Hall–Kier alpha value is -0.261. The topological polar surface area (TPSA) is 52.6 Å². The second kappa shape index (κ2) is 7.84. The number of carbonyl (C=O) groups excluding carboxylic acids is 2. The van der Waals surface area contributed by atoms with Gasteiger partial charge in [-0.25, -0.2) is 9.59 Å². The molecule has 0 saturated carbocycles. The van der Waals surface area contributed by atoms with Crippen LogP contribution in [0.3, 0.4) is 0 Å². The molecule has 0 spiro atoms. The zero-order valence-corrected chi connectivity index (χ0v) is 9.40. The molecule has 0 heterocycles. The van der Waals surface area contributed by atoms with Crippen molar-refractivity contribution in [1.82, 2.24) is 0 Å². The minimum atomic E-state index is -0.927. The number of hydrogen-bond donors (Lipinski definition) is 0. The summed E-state index contributed by atoms with van der Waals surface area (Å²) in [6.07, 6.45) is 0. The second-order valence-electron chi connectivity index (χ2n) is 1.44. The fourth-order valence-corrected chi connectivity index (χ4v) is 0.380. The number of esters is 2. The molecule has 5 heteroatoms. The quantitative estimate of drug-likeness (QED) is 0.392. The average molecular weight is 265 g/mol. The molecule has 0 aliphatic rings. The van der Waals surface area contributed by atoms with Gasteiger partial charge in [-0.1, -0.05) is 0 Å². The molecule has 0 aliphatic carbocycles. The van der Waals surface area contributed by atoms with E-state index < -0.39 is 11.9 Å². The van der Waals surface area contributed by atoms with E-state index in [-0.39, 0.29) is 37.1 Å². The van der Waals surface area contributed by atoms with E-state index in [9.17, 15) is 9.59 Å². The summed E-state index contributed by atoms with van der Waals surface area (Å²) in [6, 6.07) is 0. The van der Waals surface area contributed by atoms with Crippen molar-refractivity contribution in [3.05, 3.63) is 0 Å². The molecule has 0 aromatic carbocycles.